The number of aliphatic hydroxyl groups excluding tert-OH is 1. The van der Waals surface area contributed by atoms with E-state index in [0.29, 0.717) is 23.4 Å². The number of hydrogen-bond donors (Lipinski definition) is 4. The number of nitrogens with two attached hydrogens (primary N) is 2. The van der Waals surface area contributed by atoms with Crippen LogP contribution in [0.2, 0.25) is 5.82 Å². The second-order valence-electron chi connectivity index (χ2n) is 7.60. The first-order valence-corrected chi connectivity index (χ1v) is 9.84. The van der Waals surface area contributed by atoms with E-state index in [1.165, 1.54) is 11.6 Å². The minimum absolute atomic E-state index is 0.0272. The number of guanidine groups is 1. The van der Waals surface area contributed by atoms with Crippen molar-refractivity contribution in [3.8, 4) is 5.75 Å². The summed E-state index contributed by atoms with van der Waals surface area (Å²) in [5, 5.41) is 28.1. The number of nitrogens with zero attached hydrogens (tertiary/aromatic N) is 4. The third-order valence-electron chi connectivity index (χ3n) is 4.94. The van der Waals surface area contributed by atoms with E-state index in [2.05, 4.69) is 15.3 Å². The number of fused-ring (bicyclic) bond motifs is 1. The molecule has 11 nitrogen and oxygen atoms in total. The number of para-hydroxylation sites is 1. The van der Waals surface area contributed by atoms with Crippen molar-refractivity contribution in [1.29, 1.82) is 0 Å². The van der Waals surface area contributed by atoms with Crippen molar-refractivity contribution in [1.82, 2.24) is 15.0 Å². The lowest BCUT2D eigenvalue weighted by atomic mass is 9.64. The zero-order valence-corrected chi connectivity index (χ0v) is 17.1. The Morgan fingerprint density at radius 2 is 2.19 bits per heavy atom. The van der Waals surface area contributed by atoms with Crippen molar-refractivity contribution >= 4 is 24.6 Å². The molecular weight excluding hydrogens is 403 g/mol. The molecule has 0 spiro atoms. The van der Waals surface area contributed by atoms with Gasteiger partial charge in [0.1, 0.15) is 12.3 Å². The number of carbonyl (C=O) groups is 2. The standard InChI is InChI=1S/C19H25BN6O5/c1-11(27)17-4-2-3-12-5-13(20(30)31-18(12)17)6-16(29)10-26-9-14(24-25-26)7-15(28)8-23-19(21)22/h2-4,9,13,15,28,30H,5-8,10H2,1H3,(H4,21,22,23)/t13-,15?/m1/s1. The summed E-state index contributed by atoms with van der Waals surface area (Å²) in [6.07, 6.45) is 1.43. The Balaban J connectivity index is 1.57. The number of ketones is 2. The quantitative estimate of drug-likeness (QED) is 0.170. The molecule has 1 aliphatic heterocycles. The second-order valence-corrected chi connectivity index (χ2v) is 7.60. The molecule has 3 rings (SSSR count). The van der Waals surface area contributed by atoms with Crippen molar-refractivity contribution in [2.24, 2.45) is 16.5 Å². The first kappa shape index (κ1) is 22.4. The maximum atomic E-state index is 12.5. The minimum Gasteiger partial charge on any atom is -0.535 e. The fraction of sp³-hybridized carbons (Fsp3) is 0.421. The largest absolute Gasteiger partial charge is 0.535 e. The van der Waals surface area contributed by atoms with Gasteiger partial charge in [0.25, 0.3) is 0 Å². The Hall–Kier alpha value is -3.25. The lowest BCUT2D eigenvalue weighted by Gasteiger charge is -2.28. The van der Waals surface area contributed by atoms with Crippen LogP contribution in [0.25, 0.3) is 0 Å². The molecule has 0 fully saturated rings. The van der Waals surface area contributed by atoms with Crippen molar-refractivity contribution in [3.63, 3.8) is 0 Å². The van der Waals surface area contributed by atoms with Crippen LogP contribution in [0.4, 0.5) is 0 Å². The highest BCUT2D eigenvalue weighted by atomic mass is 16.5. The molecule has 1 aromatic heterocycles. The maximum Gasteiger partial charge on any atom is 0.526 e. The van der Waals surface area contributed by atoms with Crippen molar-refractivity contribution in [3.05, 3.63) is 41.2 Å². The number of hydrogen-bond acceptors (Lipinski definition) is 8. The molecule has 6 N–H and O–H groups in total. The zero-order chi connectivity index (χ0) is 22.5. The number of aliphatic imine (C=N–C) groups is 1. The van der Waals surface area contributed by atoms with E-state index < -0.39 is 19.0 Å². The van der Waals surface area contributed by atoms with Crippen LogP contribution < -0.4 is 16.1 Å². The Morgan fingerprint density at radius 3 is 2.90 bits per heavy atom. The van der Waals surface area contributed by atoms with Crippen LogP contribution in [-0.4, -0.2) is 62.4 Å². The summed E-state index contributed by atoms with van der Waals surface area (Å²) in [5.41, 5.74) is 12.2. The molecule has 0 saturated carbocycles. The number of Topliss-reactive ketones (excluding diaryl/α,β-unsaturated/α-hetero) is 2. The van der Waals surface area contributed by atoms with E-state index in [9.17, 15) is 19.7 Å². The molecule has 2 atom stereocenters. The fourth-order valence-corrected chi connectivity index (χ4v) is 3.50. The molecule has 31 heavy (non-hydrogen) atoms. The topological polar surface area (TPSA) is 179 Å². The van der Waals surface area contributed by atoms with Crippen LogP contribution in [0, 0.1) is 0 Å². The molecule has 1 aromatic carbocycles. The van der Waals surface area contributed by atoms with Crippen LogP contribution in [0.15, 0.2) is 29.4 Å². The highest BCUT2D eigenvalue weighted by molar-refractivity contribution is 6.47. The predicted octanol–water partition coefficient (Wildman–Crippen LogP) is -0.897. The van der Waals surface area contributed by atoms with Gasteiger partial charge in [0, 0.05) is 24.9 Å². The molecule has 0 radical (unpaired) electrons. The maximum absolute atomic E-state index is 12.5. The lowest BCUT2D eigenvalue weighted by Crippen LogP contribution is -2.36. The number of aliphatic hydroxyl groups is 1. The molecule has 0 saturated heterocycles. The molecule has 0 bridgehead atoms. The first-order valence-electron chi connectivity index (χ1n) is 9.84. The van der Waals surface area contributed by atoms with Crippen LogP contribution in [0.3, 0.4) is 0 Å². The molecule has 2 heterocycles. The second kappa shape index (κ2) is 9.71. The van der Waals surface area contributed by atoms with Crippen LogP contribution in [0.1, 0.15) is 35.0 Å². The van der Waals surface area contributed by atoms with Gasteiger partial charge in [-0.1, -0.05) is 17.3 Å². The van der Waals surface area contributed by atoms with Crippen molar-refractivity contribution in [2.75, 3.05) is 6.54 Å². The molecule has 1 aliphatic rings. The minimum atomic E-state index is -1.19. The predicted molar refractivity (Wildman–Crippen MR) is 113 cm³/mol. The number of aromatic nitrogens is 3. The summed E-state index contributed by atoms with van der Waals surface area (Å²) in [5.74, 6) is -0.472. The molecule has 164 valence electrons. The van der Waals surface area contributed by atoms with Crippen molar-refractivity contribution < 1.29 is 24.4 Å². The van der Waals surface area contributed by atoms with Gasteiger partial charge in [-0.05, 0) is 25.0 Å². The summed E-state index contributed by atoms with van der Waals surface area (Å²) in [6.45, 7) is 1.45. The Kier molecular flexibility index (Phi) is 7.03. The Labute approximate surface area is 179 Å². The third kappa shape index (κ3) is 5.89. The Morgan fingerprint density at radius 1 is 1.42 bits per heavy atom. The number of carbonyl (C=O) groups excluding carboxylic acids is 2. The van der Waals surface area contributed by atoms with Gasteiger partial charge < -0.3 is 26.3 Å². The van der Waals surface area contributed by atoms with Gasteiger partial charge in [-0.15, -0.1) is 5.10 Å². The van der Waals surface area contributed by atoms with Crippen LogP contribution >= 0.6 is 0 Å². The van der Waals surface area contributed by atoms with Gasteiger partial charge in [-0.3, -0.25) is 14.6 Å². The highest BCUT2D eigenvalue weighted by Crippen LogP contribution is 2.36. The number of benzene rings is 1. The summed E-state index contributed by atoms with van der Waals surface area (Å²) >= 11 is 0. The molecule has 0 aliphatic carbocycles. The van der Waals surface area contributed by atoms with E-state index in [1.54, 1.807) is 18.3 Å². The van der Waals surface area contributed by atoms with E-state index in [1.807, 2.05) is 6.07 Å². The van der Waals surface area contributed by atoms with E-state index in [4.69, 9.17) is 16.1 Å². The number of rotatable bonds is 9. The normalized spacial score (nSPS) is 16.2. The van der Waals surface area contributed by atoms with Gasteiger partial charge >= 0.3 is 7.12 Å². The highest BCUT2D eigenvalue weighted by Gasteiger charge is 2.37. The SMILES string of the molecule is CC(=O)c1cccc2c1OB(O)[C@@H](CC(=O)Cn1cc(CC(O)CN=C(N)N)nn1)C2. The van der Waals surface area contributed by atoms with Gasteiger partial charge in [-0.2, -0.15) is 0 Å². The van der Waals surface area contributed by atoms with Gasteiger partial charge in [0.2, 0.25) is 0 Å². The average molecular weight is 428 g/mol. The monoisotopic (exact) mass is 428 g/mol. The smallest absolute Gasteiger partial charge is 0.526 e. The van der Waals surface area contributed by atoms with E-state index in [0.717, 1.165) is 5.56 Å². The summed E-state index contributed by atoms with van der Waals surface area (Å²) in [7, 11) is -1.19. The van der Waals surface area contributed by atoms with Crippen molar-refractivity contribution in [2.45, 2.75) is 44.7 Å². The average Bonchev–Trinajstić information content (AvgIpc) is 3.12. The van der Waals surface area contributed by atoms with E-state index >= 15 is 0 Å². The summed E-state index contributed by atoms with van der Waals surface area (Å²) in [6, 6.07) is 5.23. The molecule has 2 aromatic rings. The summed E-state index contributed by atoms with van der Waals surface area (Å²) < 4.78 is 6.94. The van der Waals surface area contributed by atoms with Crippen LogP contribution in [0.5, 0.6) is 5.75 Å². The van der Waals surface area contributed by atoms with Gasteiger partial charge in [0.15, 0.2) is 17.5 Å². The van der Waals surface area contributed by atoms with Crippen LogP contribution in [-0.2, 0) is 24.2 Å². The zero-order valence-electron chi connectivity index (χ0n) is 17.1. The molecule has 1 unspecified atom stereocenters. The summed E-state index contributed by atoms with van der Waals surface area (Å²) in [4.78, 5) is 28.0. The lowest BCUT2D eigenvalue weighted by molar-refractivity contribution is -0.120. The Bertz CT molecular complexity index is 990. The van der Waals surface area contributed by atoms with Gasteiger partial charge in [-0.25, -0.2) is 4.68 Å². The van der Waals surface area contributed by atoms with Gasteiger partial charge in [0.05, 0.1) is 23.9 Å². The van der Waals surface area contributed by atoms with E-state index in [-0.39, 0.29) is 43.5 Å². The molecule has 0 amide bonds. The first-order chi connectivity index (χ1) is 14.7. The fourth-order valence-electron chi connectivity index (χ4n) is 3.50. The molecular formula is C19H25BN6O5. The molecule has 12 heteroatoms. The third-order valence-corrected chi connectivity index (χ3v) is 4.94.